The number of aliphatic hydroxyl groups excluding tert-OH is 1. The van der Waals surface area contributed by atoms with Crippen molar-refractivity contribution in [2.24, 2.45) is 0 Å². The maximum atomic E-state index is 9.87. The van der Waals surface area contributed by atoms with Gasteiger partial charge in [-0.2, -0.15) is 5.26 Å². The molecule has 1 heterocycles. The molecule has 0 aromatic heterocycles. The summed E-state index contributed by atoms with van der Waals surface area (Å²) in [6.45, 7) is 6.11. The Morgan fingerprint density at radius 1 is 1.32 bits per heavy atom. The highest BCUT2D eigenvalue weighted by Gasteiger charge is 2.10. The molecule has 0 saturated carbocycles. The van der Waals surface area contributed by atoms with E-state index < -0.39 is 6.10 Å². The van der Waals surface area contributed by atoms with Crippen LogP contribution in [0.2, 0.25) is 0 Å². The number of nitrogens with one attached hydrogen (secondary N) is 1. The molecule has 22 heavy (non-hydrogen) atoms. The molecule has 1 atom stereocenters. The molecule has 1 aromatic rings. The third-order valence-corrected chi connectivity index (χ3v) is 3.51. The molecule has 120 valence electrons. The van der Waals surface area contributed by atoms with Gasteiger partial charge in [-0.3, -0.25) is 4.90 Å². The van der Waals surface area contributed by atoms with E-state index in [0.717, 1.165) is 39.4 Å². The SMILES string of the molecule is N#Cc1ccc(OCC(O)CNCCN2CCOCC2)cc1. The second-order valence-electron chi connectivity index (χ2n) is 5.26. The van der Waals surface area contributed by atoms with Crippen molar-refractivity contribution in [2.45, 2.75) is 6.10 Å². The predicted molar refractivity (Wildman–Crippen MR) is 82.8 cm³/mol. The maximum absolute atomic E-state index is 9.87. The van der Waals surface area contributed by atoms with Gasteiger partial charge in [0.2, 0.25) is 0 Å². The van der Waals surface area contributed by atoms with E-state index in [9.17, 15) is 5.11 Å². The summed E-state index contributed by atoms with van der Waals surface area (Å²) >= 11 is 0. The molecule has 1 aromatic carbocycles. The summed E-state index contributed by atoms with van der Waals surface area (Å²) < 4.78 is 10.8. The van der Waals surface area contributed by atoms with Crippen LogP contribution >= 0.6 is 0 Å². The van der Waals surface area contributed by atoms with Crippen molar-refractivity contribution < 1.29 is 14.6 Å². The number of hydrogen-bond acceptors (Lipinski definition) is 6. The van der Waals surface area contributed by atoms with Gasteiger partial charge in [0.15, 0.2) is 0 Å². The van der Waals surface area contributed by atoms with E-state index in [0.29, 0.717) is 17.9 Å². The summed E-state index contributed by atoms with van der Waals surface area (Å²) in [5.74, 6) is 0.659. The molecule has 0 radical (unpaired) electrons. The smallest absolute Gasteiger partial charge is 0.119 e. The number of nitrogens with zero attached hydrogens (tertiary/aromatic N) is 2. The topological polar surface area (TPSA) is 77.8 Å². The molecule has 1 unspecified atom stereocenters. The highest BCUT2D eigenvalue weighted by molar-refractivity contribution is 5.34. The number of benzene rings is 1. The van der Waals surface area contributed by atoms with Crippen LogP contribution in [0.5, 0.6) is 5.75 Å². The standard InChI is InChI=1S/C16H23N3O3/c17-11-14-1-3-16(4-2-14)22-13-15(20)12-18-5-6-19-7-9-21-10-8-19/h1-4,15,18,20H,5-10,12-13H2. The van der Waals surface area contributed by atoms with Crippen LogP contribution < -0.4 is 10.1 Å². The lowest BCUT2D eigenvalue weighted by molar-refractivity contribution is 0.0376. The minimum absolute atomic E-state index is 0.233. The Morgan fingerprint density at radius 3 is 2.73 bits per heavy atom. The molecule has 0 bridgehead atoms. The van der Waals surface area contributed by atoms with Gasteiger partial charge in [-0.15, -0.1) is 0 Å². The first-order valence-corrected chi connectivity index (χ1v) is 7.60. The second-order valence-corrected chi connectivity index (χ2v) is 5.26. The minimum atomic E-state index is -0.555. The number of rotatable bonds is 8. The highest BCUT2D eigenvalue weighted by Crippen LogP contribution is 2.11. The predicted octanol–water partition coefficient (Wildman–Crippen LogP) is 0.220. The Labute approximate surface area is 131 Å². The zero-order chi connectivity index (χ0) is 15.6. The first-order chi connectivity index (χ1) is 10.8. The molecule has 0 spiro atoms. The van der Waals surface area contributed by atoms with Crippen LogP contribution in [-0.4, -0.2) is 68.7 Å². The van der Waals surface area contributed by atoms with Gasteiger partial charge in [0, 0.05) is 32.7 Å². The molecule has 2 rings (SSSR count). The van der Waals surface area contributed by atoms with Gasteiger partial charge in [0.25, 0.3) is 0 Å². The van der Waals surface area contributed by atoms with E-state index in [2.05, 4.69) is 16.3 Å². The maximum Gasteiger partial charge on any atom is 0.119 e. The Morgan fingerprint density at radius 2 is 2.05 bits per heavy atom. The summed E-state index contributed by atoms with van der Waals surface area (Å²) in [4.78, 5) is 2.34. The van der Waals surface area contributed by atoms with Crippen LogP contribution in [0.25, 0.3) is 0 Å². The van der Waals surface area contributed by atoms with E-state index in [-0.39, 0.29) is 6.61 Å². The second kappa shape index (κ2) is 9.38. The fraction of sp³-hybridized carbons (Fsp3) is 0.562. The van der Waals surface area contributed by atoms with Gasteiger partial charge in [0.1, 0.15) is 18.5 Å². The number of nitriles is 1. The van der Waals surface area contributed by atoms with E-state index in [1.54, 1.807) is 24.3 Å². The van der Waals surface area contributed by atoms with Gasteiger partial charge >= 0.3 is 0 Å². The Kier molecular flexibility index (Phi) is 7.13. The monoisotopic (exact) mass is 305 g/mol. The Hall–Kier alpha value is -1.65. The molecule has 6 heteroatoms. The van der Waals surface area contributed by atoms with Crippen molar-refractivity contribution in [1.82, 2.24) is 10.2 Å². The first kappa shape index (κ1) is 16.7. The average molecular weight is 305 g/mol. The number of ether oxygens (including phenoxy) is 2. The largest absolute Gasteiger partial charge is 0.491 e. The summed E-state index contributed by atoms with van der Waals surface area (Å²) in [6, 6.07) is 8.91. The molecular weight excluding hydrogens is 282 g/mol. The van der Waals surface area contributed by atoms with Crippen LogP contribution in [0, 0.1) is 11.3 Å². The van der Waals surface area contributed by atoms with Crippen LogP contribution in [0.3, 0.4) is 0 Å². The molecule has 2 N–H and O–H groups in total. The van der Waals surface area contributed by atoms with Gasteiger partial charge < -0.3 is 19.9 Å². The molecular formula is C16H23N3O3. The molecule has 0 amide bonds. The highest BCUT2D eigenvalue weighted by atomic mass is 16.5. The molecule has 0 aliphatic carbocycles. The van der Waals surface area contributed by atoms with Gasteiger partial charge in [-0.25, -0.2) is 0 Å². The molecule has 1 fully saturated rings. The average Bonchev–Trinajstić information content (AvgIpc) is 2.58. The quantitative estimate of drug-likeness (QED) is 0.669. The number of morpholine rings is 1. The molecule has 1 aliphatic rings. The third-order valence-electron chi connectivity index (χ3n) is 3.51. The van der Waals surface area contributed by atoms with E-state index in [4.69, 9.17) is 14.7 Å². The summed E-state index contributed by atoms with van der Waals surface area (Å²) in [5.41, 5.74) is 0.595. The first-order valence-electron chi connectivity index (χ1n) is 7.60. The third kappa shape index (κ3) is 6.00. The number of hydrogen-bond donors (Lipinski definition) is 2. The van der Waals surface area contributed by atoms with Gasteiger partial charge in [-0.1, -0.05) is 0 Å². The van der Waals surface area contributed by atoms with Crippen molar-refractivity contribution in [1.29, 1.82) is 5.26 Å². The van der Waals surface area contributed by atoms with Crippen molar-refractivity contribution in [3.63, 3.8) is 0 Å². The Balaban J connectivity index is 1.55. The van der Waals surface area contributed by atoms with Crippen molar-refractivity contribution >= 4 is 0 Å². The minimum Gasteiger partial charge on any atom is -0.491 e. The van der Waals surface area contributed by atoms with E-state index in [1.807, 2.05) is 0 Å². The van der Waals surface area contributed by atoms with Crippen molar-refractivity contribution in [3.05, 3.63) is 29.8 Å². The van der Waals surface area contributed by atoms with Gasteiger partial charge in [-0.05, 0) is 24.3 Å². The fourth-order valence-electron chi connectivity index (χ4n) is 2.21. The fourth-order valence-corrected chi connectivity index (χ4v) is 2.21. The van der Waals surface area contributed by atoms with E-state index >= 15 is 0 Å². The summed E-state index contributed by atoms with van der Waals surface area (Å²) in [5, 5.41) is 21.8. The number of aliphatic hydroxyl groups is 1. The van der Waals surface area contributed by atoms with Crippen LogP contribution in [0.1, 0.15) is 5.56 Å². The zero-order valence-electron chi connectivity index (χ0n) is 12.7. The molecule has 1 saturated heterocycles. The molecule has 6 nitrogen and oxygen atoms in total. The lowest BCUT2D eigenvalue weighted by Gasteiger charge is -2.26. The lowest BCUT2D eigenvalue weighted by Crippen LogP contribution is -2.41. The summed E-state index contributed by atoms with van der Waals surface area (Å²) in [6.07, 6.45) is -0.555. The lowest BCUT2D eigenvalue weighted by atomic mass is 10.2. The Bertz CT molecular complexity index is 467. The van der Waals surface area contributed by atoms with Crippen molar-refractivity contribution in [3.8, 4) is 11.8 Å². The van der Waals surface area contributed by atoms with Crippen LogP contribution in [0.4, 0.5) is 0 Å². The normalized spacial score (nSPS) is 16.9. The zero-order valence-corrected chi connectivity index (χ0v) is 12.7. The van der Waals surface area contributed by atoms with Gasteiger partial charge in [0.05, 0.1) is 24.8 Å². The van der Waals surface area contributed by atoms with Crippen LogP contribution in [0.15, 0.2) is 24.3 Å². The summed E-state index contributed by atoms with van der Waals surface area (Å²) in [7, 11) is 0. The van der Waals surface area contributed by atoms with Crippen LogP contribution in [-0.2, 0) is 4.74 Å². The van der Waals surface area contributed by atoms with E-state index in [1.165, 1.54) is 0 Å². The molecule has 1 aliphatic heterocycles. The van der Waals surface area contributed by atoms with Crippen molar-refractivity contribution in [2.75, 3.05) is 52.5 Å².